The van der Waals surface area contributed by atoms with Gasteiger partial charge >= 0.3 is 0 Å². The highest BCUT2D eigenvalue weighted by Crippen LogP contribution is 2.56. The average Bonchev–Trinajstić information content (AvgIpc) is 2.90. The lowest BCUT2D eigenvalue weighted by atomic mass is 9.56. The molecule has 1 aliphatic carbocycles. The largest absolute Gasteiger partial charge is 0.338 e. The van der Waals surface area contributed by atoms with Crippen LogP contribution in [0.4, 0.5) is 0 Å². The maximum Gasteiger partial charge on any atom is 0.240 e. The number of likely N-dealkylation sites (tertiary alicyclic amines) is 1. The zero-order valence-corrected chi connectivity index (χ0v) is 13.3. The highest BCUT2D eigenvalue weighted by atomic mass is 16.5. The van der Waals surface area contributed by atoms with Crippen molar-refractivity contribution in [2.45, 2.75) is 45.1 Å². The second-order valence-corrected chi connectivity index (χ2v) is 7.36. The SMILES string of the molecule is CC(C)c1noc(CN2CC3(CC(c4ccccc4)C3)C2)n1. The Morgan fingerprint density at radius 1 is 1.23 bits per heavy atom. The molecule has 4 rings (SSSR count). The third kappa shape index (κ3) is 2.45. The van der Waals surface area contributed by atoms with Crippen molar-refractivity contribution in [2.24, 2.45) is 5.41 Å². The second-order valence-electron chi connectivity index (χ2n) is 7.36. The highest BCUT2D eigenvalue weighted by Gasteiger charge is 2.52. The van der Waals surface area contributed by atoms with Gasteiger partial charge in [-0.3, -0.25) is 4.90 Å². The molecule has 2 aliphatic rings. The fourth-order valence-corrected chi connectivity index (χ4v) is 3.98. The topological polar surface area (TPSA) is 42.2 Å². The van der Waals surface area contributed by atoms with Crippen molar-refractivity contribution in [3.63, 3.8) is 0 Å². The van der Waals surface area contributed by atoms with Gasteiger partial charge in [-0.1, -0.05) is 49.3 Å². The first kappa shape index (κ1) is 13.9. The minimum atomic E-state index is 0.332. The van der Waals surface area contributed by atoms with Crippen LogP contribution in [-0.4, -0.2) is 28.1 Å². The van der Waals surface area contributed by atoms with Crippen molar-refractivity contribution in [1.29, 1.82) is 0 Å². The predicted molar refractivity (Wildman–Crippen MR) is 84.5 cm³/mol. The fraction of sp³-hybridized carbons (Fsp3) is 0.556. The Balaban J connectivity index is 1.28. The van der Waals surface area contributed by atoms with Crippen LogP contribution in [0.2, 0.25) is 0 Å². The Bertz CT molecular complexity index is 635. The number of aromatic nitrogens is 2. The van der Waals surface area contributed by atoms with Gasteiger partial charge in [0, 0.05) is 19.0 Å². The van der Waals surface area contributed by atoms with E-state index < -0.39 is 0 Å². The summed E-state index contributed by atoms with van der Waals surface area (Å²) in [5.74, 6) is 2.67. The molecule has 4 heteroatoms. The summed E-state index contributed by atoms with van der Waals surface area (Å²) < 4.78 is 5.34. The summed E-state index contributed by atoms with van der Waals surface area (Å²) in [6.45, 7) is 7.33. The Labute approximate surface area is 131 Å². The molecule has 2 fully saturated rings. The summed E-state index contributed by atoms with van der Waals surface area (Å²) in [6, 6.07) is 10.9. The summed E-state index contributed by atoms with van der Waals surface area (Å²) in [5.41, 5.74) is 2.06. The first-order valence-electron chi connectivity index (χ1n) is 8.23. The lowest BCUT2D eigenvalue weighted by Gasteiger charge is -2.59. The zero-order valence-electron chi connectivity index (χ0n) is 13.3. The third-order valence-corrected chi connectivity index (χ3v) is 5.11. The maximum absolute atomic E-state index is 5.34. The van der Waals surface area contributed by atoms with Gasteiger partial charge < -0.3 is 4.52 Å². The quantitative estimate of drug-likeness (QED) is 0.865. The van der Waals surface area contributed by atoms with E-state index in [0.29, 0.717) is 11.3 Å². The standard InChI is InChI=1S/C18H23N3O/c1-13(2)17-19-16(22-20-17)10-21-11-18(12-21)8-15(9-18)14-6-4-3-5-7-14/h3-7,13,15H,8-12H2,1-2H3. The molecule has 0 unspecified atom stereocenters. The van der Waals surface area contributed by atoms with Gasteiger partial charge in [-0.2, -0.15) is 4.98 Å². The summed E-state index contributed by atoms with van der Waals surface area (Å²) in [5, 5.41) is 4.04. The Hall–Kier alpha value is -1.68. The maximum atomic E-state index is 5.34. The summed E-state index contributed by atoms with van der Waals surface area (Å²) in [7, 11) is 0. The Morgan fingerprint density at radius 2 is 1.95 bits per heavy atom. The van der Waals surface area contributed by atoms with Crippen LogP contribution in [0.15, 0.2) is 34.9 Å². The molecule has 1 aromatic carbocycles. The van der Waals surface area contributed by atoms with Crippen LogP contribution >= 0.6 is 0 Å². The van der Waals surface area contributed by atoms with Crippen molar-refractivity contribution in [3.05, 3.63) is 47.6 Å². The molecule has 0 N–H and O–H groups in total. The van der Waals surface area contributed by atoms with Gasteiger partial charge in [0.15, 0.2) is 5.82 Å². The van der Waals surface area contributed by atoms with Crippen LogP contribution in [-0.2, 0) is 6.54 Å². The number of nitrogens with zero attached hydrogens (tertiary/aromatic N) is 3. The molecular formula is C18H23N3O. The van der Waals surface area contributed by atoms with Crippen LogP contribution in [0.5, 0.6) is 0 Å². The monoisotopic (exact) mass is 297 g/mol. The van der Waals surface area contributed by atoms with Gasteiger partial charge in [-0.15, -0.1) is 0 Å². The number of benzene rings is 1. The van der Waals surface area contributed by atoms with Crippen molar-refractivity contribution < 1.29 is 4.52 Å². The number of rotatable bonds is 4. The van der Waals surface area contributed by atoms with Crippen molar-refractivity contribution >= 4 is 0 Å². The molecule has 0 radical (unpaired) electrons. The number of hydrogen-bond donors (Lipinski definition) is 0. The molecule has 2 heterocycles. The molecule has 116 valence electrons. The van der Waals surface area contributed by atoms with Gasteiger partial charge in [-0.05, 0) is 29.7 Å². The fourth-order valence-electron chi connectivity index (χ4n) is 3.98. The van der Waals surface area contributed by atoms with Crippen LogP contribution in [0, 0.1) is 5.41 Å². The molecule has 4 nitrogen and oxygen atoms in total. The summed E-state index contributed by atoms with van der Waals surface area (Å²) >= 11 is 0. The zero-order chi connectivity index (χ0) is 15.2. The van der Waals surface area contributed by atoms with Gasteiger partial charge in [0.25, 0.3) is 0 Å². The normalized spacial score (nSPS) is 21.0. The molecule has 0 amide bonds. The molecule has 0 bridgehead atoms. The molecule has 1 saturated carbocycles. The van der Waals surface area contributed by atoms with Crippen LogP contribution < -0.4 is 0 Å². The predicted octanol–water partition coefficient (Wildman–Crippen LogP) is 3.57. The molecule has 1 aromatic heterocycles. The van der Waals surface area contributed by atoms with Crippen molar-refractivity contribution in [2.75, 3.05) is 13.1 Å². The average molecular weight is 297 g/mol. The van der Waals surface area contributed by atoms with Gasteiger partial charge in [0.05, 0.1) is 6.54 Å². The summed E-state index contributed by atoms with van der Waals surface area (Å²) in [4.78, 5) is 6.90. The van der Waals surface area contributed by atoms with Gasteiger partial charge in [0.2, 0.25) is 5.89 Å². The van der Waals surface area contributed by atoms with E-state index in [2.05, 4.69) is 59.2 Å². The van der Waals surface area contributed by atoms with Crippen molar-refractivity contribution in [3.8, 4) is 0 Å². The van der Waals surface area contributed by atoms with Gasteiger partial charge in [0.1, 0.15) is 0 Å². The van der Waals surface area contributed by atoms with Gasteiger partial charge in [-0.25, -0.2) is 0 Å². The van der Waals surface area contributed by atoms with Crippen LogP contribution in [0.1, 0.15) is 55.8 Å². The molecule has 1 spiro atoms. The van der Waals surface area contributed by atoms with E-state index in [9.17, 15) is 0 Å². The minimum Gasteiger partial charge on any atom is -0.338 e. The van der Waals surface area contributed by atoms with E-state index in [0.717, 1.165) is 24.2 Å². The lowest BCUT2D eigenvalue weighted by molar-refractivity contribution is -0.0811. The molecule has 2 aromatic rings. The van der Waals surface area contributed by atoms with E-state index in [1.165, 1.54) is 31.5 Å². The Kier molecular flexibility index (Phi) is 3.30. The van der Waals surface area contributed by atoms with E-state index in [4.69, 9.17) is 4.52 Å². The van der Waals surface area contributed by atoms with Crippen LogP contribution in [0.3, 0.4) is 0 Å². The molecular weight excluding hydrogens is 274 g/mol. The van der Waals surface area contributed by atoms with E-state index in [1.54, 1.807) is 0 Å². The molecule has 1 aliphatic heterocycles. The smallest absolute Gasteiger partial charge is 0.240 e. The van der Waals surface area contributed by atoms with Crippen molar-refractivity contribution in [1.82, 2.24) is 15.0 Å². The second kappa shape index (κ2) is 5.20. The third-order valence-electron chi connectivity index (χ3n) is 5.11. The Morgan fingerprint density at radius 3 is 2.59 bits per heavy atom. The van der Waals surface area contributed by atoms with E-state index >= 15 is 0 Å². The first-order chi connectivity index (χ1) is 10.6. The summed E-state index contributed by atoms with van der Waals surface area (Å²) in [6.07, 6.45) is 2.66. The first-order valence-corrected chi connectivity index (χ1v) is 8.23. The molecule has 22 heavy (non-hydrogen) atoms. The van der Waals surface area contributed by atoms with E-state index in [1.807, 2.05) is 0 Å². The minimum absolute atomic E-state index is 0.332. The van der Waals surface area contributed by atoms with Crippen LogP contribution in [0.25, 0.3) is 0 Å². The number of hydrogen-bond acceptors (Lipinski definition) is 4. The lowest BCUT2D eigenvalue weighted by Crippen LogP contribution is -2.61. The molecule has 1 saturated heterocycles. The molecule has 0 atom stereocenters. The highest BCUT2D eigenvalue weighted by molar-refractivity contribution is 5.25. The van der Waals surface area contributed by atoms with E-state index in [-0.39, 0.29) is 0 Å².